The SMILES string of the molecule is CCC1C(=O)NC(C2CC2)C(=O)N1C1CC(OC)C1(C)C. The summed E-state index contributed by atoms with van der Waals surface area (Å²) in [5.41, 5.74) is -0.0937. The summed E-state index contributed by atoms with van der Waals surface area (Å²) in [4.78, 5) is 27.2. The molecule has 2 saturated carbocycles. The van der Waals surface area contributed by atoms with Gasteiger partial charge in [0.25, 0.3) is 0 Å². The molecule has 3 fully saturated rings. The monoisotopic (exact) mass is 294 g/mol. The van der Waals surface area contributed by atoms with Crippen molar-refractivity contribution in [3.8, 4) is 0 Å². The Morgan fingerprint density at radius 3 is 2.48 bits per heavy atom. The molecule has 0 radical (unpaired) electrons. The third kappa shape index (κ3) is 2.17. The first-order valence-corrected chi connectivity index (χ1v) is 8.07. The van der Waals surface area contributed by atoms with Crippen LogP contribution >= 0.6 is 0 Å². The Hall–Kier alpha value is -1.10. The van der Waals surface area contributed by atoms with E-state index in [1.807, 2.05) is 11.8 Å². The van der Waals surface area contributed by atoms with Gasteiger partial charge in [-0.3, -0.25) is 9.59 Å². The van der Waals surface area contributed by atoms with Crippen molar-refractivity contribution in [1.82, 2.24) is 10.2 Å². The Labute approximate surface area is 126 Å². The third-order valence-corrected chi connectivity index (χ3v) is 5.68. The van der Waals surface area contributed by atoms with E-state index in [0.29, 0.717) is 12.3 Å². The first-order chi connectivity index (χ1) is 9.91. The number of hydrogen-bond donors (Lipinski definition) is 1. The average molecular weight is 294 g/mol. The number of carbonyl (C=O) groups is 2. The summed E-state index contributed by atoms with van der Waals surface area (Å²) in [6.45, 7) is 6.24. The molecule has 118 valence electrons. The zero-order valence-electron chi connectivity index (χ0n) is 13.4. The molecule has 0 aromatic rings. The standard InChI is InChI=1S/C16H26N2O3/c1-5-10-14(19)17-13(9-6-7-9)15(20)18(10)11-8-12(21-4)16(11,2)3/h9-13H,5-8H2,1-4H3,(H,17,19). The summed E-state index contributed by atoms with van der Waals surface area (Å²) in [5, 5.41) is 2.95. The van der Waals surface area contributed by atoms with Gasteiger partial charge in [0.05, 0.1) is 6.10 Å². The summed E-state index contributed by atoms with van der Waals surface area (Å²) in [6.07, 6.45) is 3.76. The quantitative estimate of drug-likeness (QED) is 0.850. The molecule has 3 aliphatic rings. The Morgan fingerprint density at radius 1 is 1.33 bits per heavy atom. The van der Waals surface area contributed by atoms with Crippen molar-refractivity contribution in [3.05, 3.63) is 0 Å². The summed E-state index contributed by atoms with van der Waals surface area (Å²) < 4.78 is 5.50. The molecule has 2 aliphatic carbocycles. The number of methoxy groups -OCH3 is 1. The van der Waals surface area contributed by atoms with Gasteiger partial charge in [-0.2, -0.15) is 0 Å². The molecule has 0 bridgehead atoms. The summed E-state index contributed by atoms with van der Waals surface area (Å²) >= 11 is 0. The summed E-state index contributed by atoms with van der Waals surface area (Å²) in [6, 6.07) is -0.514. The van der Waals surface area contributed by atoms with E-state index < -0.39 is 0 Å². The highest BCUT2D eigenvalue weighted by atomic mass is 16.5. The maximum atomic E-state index is 12.9. The van der Waals surface area contributed by atoms with Crippen LogP contribution in [0.15, 0.2) is 0 Å². The zero-order chi connectivity index (χ0) is 15.4. The molecule has 21 heavy (non-hydrogen) atoms. The third-order valence-electron chi connectivity index (χ3n) is 5.68. The highest BCUT2D eigenvalue weighted by molar-refractivity contribution is 5.97. The van der Waals surface area contributed by atoms with Crippen molar-refractivity contribution in [3.63, 3.8) is 0 Å². The van der Waals surface area contributed by atoms with E-state index in [1.54, 1.807) is 7.11 Å². The van der Waals surface area contributed by atoms with Gasteiger partial charge in [-0.05, 0) is 31.6 Å². The molecule has 0 aromatic heterocycles. The van der Waals surface area contributed by atoms with Crippen molar-refractivity contribution < 1.29 is 14.3 Å². The highest BCUT2D eigenvalue weighted by Crippen LogP contribution is 2.48. The molecule has 1 aliphatic heterocycles. The minimum absolute atomic E-state index is 0.0191. The van der Waals surface area contributed by atoms with Gasteiger partial charge in [0.15, 0.2) is 0 Å². The molecular weight excluding hydrogens is 268 g/mol. The second kappa shape index (κ2) is 4.97. The summed E-state index contributed by atoms with van der Waals surface area (Å²) in [7, 11) is 1.72. The molecule has 5 nitrogen and oxygen atoms in total. The van der Waals surface area contributed by atoms with Crippen molar-refractivity contribution >= 4 is 11.8 Å². The lowest BCUT2D eigenvalue weighted by atomic mass is 9.63. The van der Waals surface area contributed by atoms with Crippen molar-refractivity contribution in [2.24, 2.45) is 11.3 Å². The van der Waals surface area contributed by atoms with Crippen LogP contribution in [-0.4, -0.2) is 48.1 Å². The van der Waals surface area contributed by atoms with Gasteiger partial charge in [-0.15, -0.1) is 0 Å². The molecule has 1 heterocycles. The Kier molecular flexibility index (Phi) is 3.51. The predicted octanol–water partition coefficient (Wildman–Crippen LogP) is 1.32. The molecule has 1 saturated heterocycles. The zero-order valence-corrected chi connectivity index (χ0v) is 13.4. The number of nitrogens with one attached hydrogen (secondary N) is 1. The molecule has 5 heteroatoms. The van der Waals surface area contributed by atoms with E-state index >= 15 is 0 Å². The average Bonchev–Trinajstić information content (AvgIpc) is 3.26. The van der Waals surface area contributed by atoms with E-state index in [1.165, 1.54) is 0 Å². The fourth-order valence-corrected chi connectivity index (χ4v) is 3.99. The van der Waals surface area contributed by atoms with E-state index in [0.717, 1.165) is 19.3 Å². The highest BCUT2D eigenvalue weighted by Gasteiger charge is 2.57. The number of amides is 2. The fraction of sp³-hybridized carbons (Fsp3) is 0.875. The van der Waals surface area contributed by atoms with Crippen molar-refractivity contribution in [2.75, 3.05) is 7.11 Å². The number of ether oxygens (including phenoxy) is 1. The van der Waals surface area contributed by atoms with Gasteiger partial charge in [-0.1, -0.05) is 20.8 Å². The lowest BCUT2D eigenvalue weighted by Gasteiger charge is -2.58. The molecule has 2 amide bonds. The van der Waals surface area contributed by atoms with Crippen LogP contribution in [0.5, 0.6) is 0 Å². The van der Waals surface area contributed by atoms with Crippen LogP contribution in [0.25, 0.3) is 0 Å². The minimum atomic E-state index is -0.324. The van der Waals surface area contributed by atoms with E-state index in [-0.39, 0.29) is 41.5 Å². The molecule has 4 atom stereocenters. The Morgan fingerprint density at radius 2 is 2.00 bits per heavy atom. The van der Waals surface area contributed by atoms with Crippen LogP contribution < -0.4 is 5.32 Å². The van der Waals surface area contributed by atoms with Gasteiger partial charge >= 0.3 is 0 Å². The van der Waals surface area contributed by atoms with Crippen LogP contribution in [0, 0.1) is 11.3 Å². The van der Waals surface area contributed by atoms with E-state index in [9.17, 15) is 9.59 Å². The summed E-state index contributed by atoms with van der Waals surface area (Å²) in [5.74, 6) is 0.491. The number of rotatable bonds is 4. The maximum Gasteiger partial charge on any atom is 0.246 e. The van der Waals surface area contributed by atoms with Crippen molar-refractivity contribution in [2.45, 2.75) is 70.7 Å². The molecule has 3 rings (SSSR count). The molecule has 1 N–H and O–H groups in total. The number of piperazine rings is 1. The van der Waals surface area contributed by atoms with Gasteiger partial charge in [0, 0.05) is 18.6 Å². The van der Waals surface area contributed by atoms with Crippen LogP contribution in [0.2, 0.25) is 0 Å². The second-order valence-corrected chi connectivity index (χ2v) is 7.29. The normalized spacial score (nSPS) is 39.0. The Bertz CT molecular complexity index is 458. The van der Waals surface area contributed by atoms with Gasteiger partial charge < -0.3 is 15.0 Å². The van der Waals surface area contributed by atoms with Crippen LogP contribution in [0.4, 0.5) is 0 Å². The minimum Gasteiger partial charge on any atom is -0.381 e. The van der Waals surface area contributed by atoms with Crippen molar-refractivity contribution in [1.29, 1.82) is 0 Å². The number of hydrogen-bond acceptors (Lipinski definition) is 3. The number of carbonyl (C=O) groups excluding carboxylic acids is 2. The molecule has 4 unspecified atom stereocenters. The van der Waals surface area contributed by atoms with Crippen LogP contribution in [0.1, 0.15) is 46.5 Å². The molecular formula is C16H26N2O3. The van der Waals surface area contributed by atoms with Gasteiger partial charge in [-0.25, -0.2) is 0 Å². The van der Waals surface area contributed by atoms with E-state index in [2.05, 4.69) is 19.2 Å². The second-order valence-electron chi connectivity index (χ2n) is 7.29. The largest absolute Gasteiger partial charge is 0.381 e. The predicted molar refractivity (Wildman–Crippen MR) is 78.6 cm³/mol. The van der Waals surface area contributed by atoms with E-state index in [4.69, 9.17) is 4.74 Å². The molecule has 0 spiro atoms. The smallest absolute Gasteiger partial charge is 0.246 e. The van der Waals surface area contributed by atoms with Gasteiger partial charge in [0.1, 0.15) is 12.1 Å². The molecule has 0 aromatic carbocycles. The Balaban J connectivity index is 1.86. The lowest BCUT2D eigenvalue weighted by molar-refractivity contribution is -0.179. The number of nitrogens with zero attached hydrogens (tertiary/aromatic N) is 1. The topological polar surface area (TPSA) is 58.6 Å². The van der Waals surface area contributed by atoms with Crippen LogP contribution in [-0.2, 0) is 14.3 Å². The van der Waals surface area contributed by atoms with Gasteiger partial charge in [0.2, 0.25) is 11.8 Å². The first kappa shape index (κ1) is 14.8. The fourth-order valence-electron chi connectivity index (χ4n) is 3.99. The van der Waals surface area contributed by atoms with Crippen LogP contribution in [0.3, 0.4) is 0 Å². The maximum absolute atomic E-state index is 12.9. The first-order valence-electron chi connectivity index (χ1n) is 8.07. The lowest BCUT2D eigenvalue weighted by Crippen LogP contribution is -2.72.